The Morgan fingerprint density at radius 2 is 2.50 bits per heavy atom. The minimum atomic E-state index is 0.0969. The summed E-state index contributed by atoms with van der Waals surface area (Å²) in [4.78, 5) is 14.2. The van der Waals surface area contributed by atoms with Crippen LogP contribution in [0.4, 0.5) is 0 Å². The molecular weight excluding hydrogens is 204 g/mol. The van der Waals surface area contributed by atoms with Crippen molar-refractivity contribution in [1.29, 1.82) is 0 Å². The zero-order valence-corrected chi connectivity index (χ0v) is 9.82. The van der Waals surface area contributed by atoms with Crippen molar-refractivity contribution in [3.8, 4) is 0 Å². The summed E-state index contributed by atoms with van der Waals surface area (Å²) in [6.45, 7) is 6.57. The van der Waals surface area contributed by atoms with Crippen molar-refractivity contribution in [2.75, 3.05) is 19.6 Å². The van der Waals surface area contributed by atoms with Crippen LogP contribution in [0.15, 0.2) is 16.7 Å². The number of piperazine rings is 1. The van der Waals surface area contributed by atoms with Gasteiger partial charge in [0, 0.05) is 32.1 Å². The highest BCUT2D eigenvalue weighted by atomic mass is 16.3. The average Bonchev–Trinajstić information content (AvgIpc) is 2.77. The second kappa shape index (κ2) is 4.70. The summed E-state index contributed by atoms with van der Waals surface area (Å²) < 4.78 is 5.30. The fraction of sp³-hybridized carbons (Fsp3) is 0.583. The first kappa shape index (κ1) is 11.2. The van der Waals surface area contributed by atoms with Gasteiger partial charge < -0.3 is 14.6 Å². The number of hydrogen-bond donors (Lipinski definition) is 1. The van der Waals surface area contributed by atoms with Crippen molar-refractivity contribution >= 4 is 5.91 Å². The van der Waals surface area contributed by atoms with E-state index in [2.05, 4.69) is 12.2 Å². The van der Waals surface area contributed by atoms with Crippen molar-refractivity contribution in [3.05, 3.63) is 23.7 Å². The van der Waals surface area contributed by atoms with Gasteiger partial charge >= 0.3 is 0 Å². The summed E-state index contributed by atoms with van der Waals surface area (Å²) in [6.07, 6.45) is 2.35. The van der Waals surface area contributed by atoms with Crippen molar-refractivity contribution < 1.29 is 9.21 Å². The first-order valence-electron chi connectivity index (χ1n) is 5.82. The zero-order valence-electron chi connectivity index (χ0n) is 9.82. The molecular formula is C12H18N2O2. The molecule has 0 spiro atoms. The molecule has 0 bridgehead atoms. The lowest BCUT2D eigenvalue weighted by Crippen LogP contribution is -2.52. The van der Waals surface area contributed by atoms with E-state index in [0.717, 1.165) is 37.4 Å². The number of nitrogens with one attached hydrogen (secondary N) is 1. The molecule has 1 aliphatic rings. The third kappa shape index (κ3) is 1.97. The smallest absolute Gasteiger partial charge is 0.257 e. The fourth-order valence-corrected chi connectivity index (χ4v) is 2.10. The Labute approximate surface area is 95.6 Å². The quantitative estimate of drug-likeness (QED) is 0.819. The number of carbonyl (C=O) groups is 1. The summed E-state index contributed by atoms with van der Waals surface area (Å²) in [5.74, 6) is 0.885. The Balaban J connectivity index is 2.17. The lowest BCUT2D eigenvalue weighted by atomic mass is 10.1. The maximum absolute atomic E-state index is 12.3. The number of carbonyl (C=O) groups excluding carboxylic acids is 1. The molecule has 2 heterocycles. The van der Waals surface area contributed by atoms with Crippen LogP contribution in [-0.4, -0.2) is 36.5 Å². The van der Waals surface area contributed by atoms with E-state index in [9.17, 15) is 4.79 Å². The molecule has 1 atom stereocenters. The molecule has 2 rings (SSSR count). The number of furan rings is 1. The average molecular weight is 222 g/mol. The second-order valence-corrected chi connectivity index (χ2v) is 4.16. The van der Waals surface area contributed by atoms with Crippen molar-refractivity contribution in [3.63, 3.8) is 0 Å². The Kier molecular flexibility index (Phi) is 3.29. The van der Waals surface area contributed by atoms with Gasteiger partial charge in [-0.05, 0) is 13.0 Å². The fourth-order valence-electron chi connectivity index (χ4n) is 2.10. The van der Waals surface area contributed by atoms with Gasteiger partial charge in [-0.2, -0.15) is 0 Å². The maximum atomic E-state index is 12.3. The minimum Gasteiger partial charge on any atom is -0.469 e. The molecule has 4 nitrogen and oxygen atoms in total. The summed E-state index contributed by atoms with van der Waals surface area (Å²) in [7, 11) is 0. The van der Waals surface area contributed by atoms with E-state index in [4.69, 9.17) is 4.42 Å². The standard InChI is InChI=1S/C12H18N2O2/c1-3-11-10(4-7-16-11)12(15)14-6-5-13-8-9(14)2/h4,7,9,13H,3,5-6,8H2,1-2H3/t9-/m0/s1. The normalized spacial score (nSPS) is 21.1. The molecule has 1 amide bonds. The number of aryl methyl sites for hydroxylation is 1. The predicted octanol–water partition coefficient (Wildman–Crippen LogP) is 1.28. The van der Waals surface area contributed by atoms with Gasteiger partial charge in [0.15, 0.2) is 0 Å². The van der Waals surface area contributed by atoms with Crippen LogP contribution in [0.25, 0.3) is 0 Å². The highest BCUT2D eigenvalue weighted by Gasteiger charge is 2.26. The van der Waals surface area contributed by atoms with Gasteiger partial charge in [-0.15, -0.1) is 0 Å². The molecule has 1 saturated heterocycles. The van der Waals surface area contributed by atoms with E-state index >= 15 is 0 Å². The zero-order chi connectivity index (χ0) is 11.5. The van der Waals surface area contributed by atoms with Gasteiger partial charge in [-0.25, -0.2) is 0 Å². The van der Waals surface area contributed by atoms with Crippen LogP contribution in [-0.2, 0) is 6.42 Å². The van der Waals surface area contributed by atoms with E-state index in [1.165, 1.54) is 0 Å². The number of amides is 1. The lowest BCUT2D eigenvalue weighted by molar-refractivity contribution is 0.0653. The van der Waals surface area contributed by atoms with E-state index in [-0.39, 0.29) is 11.9 Å². The first-order chi connectivity index (χ1) is 7.74. The summed E-state index contributed by atoms with van der Waals surface area (Å²) >= 11 is 0. The number of rotatable bonds is 2. The Morgan fingerprint density at radius 3 is 3.19 bits per heavy atom. The number of nitrogens with zero attached hydrogens (tertiary/aromatic N) is 1. The highest BCUT2D eigenvalue weighted by molar-refractivity contribution is 5.95. The minimum absolute atomic E-state index is 0.0969. The molecule has 16 heavy (non-hydrogen) atoms. The second-order valence-electron chi connectivity index (χ2n) is 4.16. The van der Waals surface area contributed by atoms with Crippen LogP contribution in [0.3, 0.4) is 0 Å². The third-order valence-electron chi connectivity index (χ3n) is 3.06. The number of hydrogen-bond acceptors (Lipinski definition) is 3. The van der Waals surface area contributed by atoms with E-state index < -0.39 is 0 Å². The molecule has 1 aliphatic heterocycles. The molecule has 0 unspecified atom stereocenters. The third-order valence-corrected chi connectivity index (χ3v) is 3.06. The van der Waals surface area contributed by atoms with Crippen LogP contribution in [0.2, 0.25) is 0 Å². The summed E-state index contributed by atoms with van der Waals surface area (Å²) in [6, 6.07) is 2.02. The molecule has 0 radical (unpaired) electrons. The summed E-state index contributed by atoms with van der Waals surface area (Å²) in [5.41, 5.74) is 0.719. The maximum Gasteiger partial charge on any atom is 0.257 e. The summed E-state index contributed by atoms with van der Waals surface area (Å²) in [5, 5.41) is 3.28. The van der Waals surface area contributed by atoms with E-state index in [1.54, 1.807) is 12.3 Å². The van der Waals surface area contributed by atoms with Crippen LogP contribution >= 0.6 is 0 Å². The monoisotopic (exact) mass is 222 g/mol. The van der Waals surface area contributed by atoms with Gasteiger partial charge in [0.2, 0.25) is 0 Å². The molecule has 0 aromatic carbocycles. The van der Waals surface area contributed by atoms with Crippen molar-refractivity contribution in [2.24, 2.45) is 0 Å². The molecule has 0 saturated carbocycles. The van der Waals surface area contributed by atoms with E-state index in [1.807, 2.05) is 11.8 Å². The lowest BCUT2D eigenvalue weighted by Gasteiger charge is -2.33. The first-order valence-corrected chi connectivity index (χ1v) is 5.82. The van der Waals surface area contributed by atoms with E-state index in [0.29, 0.717) is 0 Å². The van der Waals surface area contributed by atoms with Gasteiger partial charge in [-0.1, -0.05) is 6.92 Å². The van der Waals surface area contributed by atoms with Gasteiger partial charge in [0.05, 0.1) is 11.8 Å². The molecule has 0 aliphatic carbocycles. The van der Waals surface area contributed by atoms with Gasteiger partial charge in [0.1, 0.15) is 5.76 Å². The molecule has 1 aromatic rings. The topological polar surface area (TPSA) is 45.5 Å². The Hall–Kier alpha value is -1.29. The van der Waals surface area contributed by atoms with Crippen LogP contribution in [0.1, 0.15) is 30.0 Å². The molecule has 1 fully saturated rings. The Bertz CT molecular complexity index is 373. The Morgan fingerprint density at radius 1 is 1.69 bits per heavy atom. The molecule has 1 N–H and O–H groups in total. The SMILES string of the molecule is CCc1occc1C(=O)N1CCNC[C@@H]1C. The highest BCUT2D eigenvalue weighted by Crippen LogP contribution is 2.16. The molecule has 1 aromatic heterocycles. The van der Waals surface area contributed by atoms with Gasteiger partial charge in [0.25, 0.3) is 5.91 Å². The van der Waals surface area contributed by atoms with Crippen molar-refractivity contribution in [2.45, 2.75) is 26.3 Å². The predicted molar refractivity (Wildman–Crippen MR) is 61.5 cm³/mol. The van der Waals surface area contributed by atoms with Crippen LogP contribution < -0.4 is 5.32 Å². The largest absolute Gasteiger partial charge is 0.469 e. The molecule has 4 heteroatoms. The molecule has 88 valence electrons. The van der Waals surface area contributed by atoms with Gasteiger partial charge in [-0.3, -0.25) is 4.79 Å². The van der Waals surface area contributed by atoms with Crippen LogP contribution in [0.5, 0.6) is 0 Å². The van der Waals surface area contributed by atoms with Crippen LogP contribution in [0, 0.1) is 0 Å². The van der Waals surface area contributed by atoms with Crippen molar-refractivity contribution in [1.82, 2.24) is 10.2 Å².